The van der Waals surface area contributed by atoms with Gasteiger partial charge in [0.2, 0.25) is 0 Å². The largest absolute Gasteiger partial charge is 0.487 e. The number of benzene rings is 1. The van der Waals surface area contributed by atoms with Crippen molar-refractivity contribution in [2.45, 2.75) is 78.6 Å². The van der Waals surface area contributed by atoms with Gasteiger partial charge in [-0.3, -0.25) is 4.79 Å². The number of carboxylic acid groups (broad SMARTS) is 1. The van der Waals surface area contributed by atoms with Crippen LogP contribution in [0.25, 0.3) is 0 Å². The highest BCUT2D eigenvalue weighted by Gasteiger charge is 2.53. The lowest BCUT2D eigenvalue weighted by atomic mass is 9.69. The number of rotatable bonds is 3. The van der Waals surface area contributed by atoms with Crippen LogP contribution in [-0.2, 0) is 9.53 Å². The molecule has 0 aromatic heterocycles. The van der Waals surface area contributed by atoms with Crippen LogP contribution in [0.4, 0.5) is 0 Å². The maximum absolute atomic E-state index is 11.9. The Kier molecular flexibility index (Phi) is 4.85. The Morgan fingerprint density at radius 3 is 2.42 bits per heavy atom. The van der Waals surface area contributed by atoms with Crippen LogP contribution in [0.15, 0.2) is 12.1 Å². The monoisotopic (exact) mass is 360 g/mol. The molecule has 4 atom stereocenters. The fourth-order valence-electron chi connectivity index (χ4n) is 4.65. The molecule has 0 bridgehead atoms. The van der Waals surface area contributed by atoms with Crippen molar-refractivity contribution < 1.29 is 19.4 Å². The molecule has 0 radical (unpaired) electrons. The van der Waals surface area contributed by atoms with Gasteiger partial charge in [-0.05, 0) is 50.2 Å². The molecule has 0 saturated carbocycles. The summed E-state index contributed by atoms with van der Waals surface area (Å²) in [6.07, 6.45) is 0.189. The van der Waals surface area contributed by atoms with Gasteiger partial charge in [0.1, 0.15) is 11.4 Å². The van der Waals surface area contributed by atoms with E-state index >= 15 is 0 Å². The number of carbonyl (C=O) groups is 1. The Bertz CT molecular complexity index is 704. The van der Waals surface area contributed by atoms with E-state index in [1.165, 1.54) is 5.56 Å². The van der Waals surface area contributed by atoms with Gasteiger partial charge in [-0.25, -0.2) is 0 Å². The summed E-state index contributed by atoms with van der Waals surface area (Å²) in [5.74, 6) is 0.216. The van der Waals surface area contributed by atoms with Crippen molar-refractivity contribution in [2.24, 2.45) is 17.8 Å². The minimum Gasteiger partial charge on any atom is -0.487 e. The number of carboxylic acids is 1. The van der Waals surface area contributed by atoms with Crippen molar-refractivity contribution in [1.29, 1.82) is 0 Å². The first kappa shape index (κ1) is 19.2. The fraction of sp³-hybridized carbons (Fsp3) is 0.682. The summed E-state index contributed by atoms with van der Waals surface area (Å²) in [5.41, 5.74) is 3.01. The number of hydrogen-bond acceptors (Lipinski definition) is 3. The lowest BCUT2D eigenvalue weighted by Gasteiger charge is -2.52. The van der Waals surface area contributed by atoms with Crippen molar-refractivity contribution >= 4 is 5.97 Å². The lowest BCUT2D eigenvalue weighted by Crippen LogP contribution is -2.53. The van der Waals surface area contributed by atoms with Crippen LogP contribution >= 0.6 is 0 Å². The van der Waals surface area contributed by atoms with Crippen molar-refractivity contribution in [2.75, 3.05) is 0 Å². The molecule has 2 heterocycles. The third kappa shape index (κ3) is 3.02. The normalized spacial score (nSPS) is 29.9. The summed E-state index contributed by atoms with van der Waals surface area (Å²) in [6, 6.07) is 4.29. The number of fused-ring (bicyclic) bond motifs is 3. The zero-order valence-corrected chi connectivity index (χ0v) is 17.0. The van der Waals surface area contributed by atoms with Crippen molar-refractivity contribution in [3.63, 3.8) is 0 Å². The summed E-state index contributed by atoms with van der Waals surface area (Å²) >= 11 is 0. The van der Waals surface area contributed by atoms with Gasteiger partial charge in [-0.15, -0.1) is 0 Å². The fourth-order valence-corrected chi connectivity index (χ4v) is 4.65. The summed E-state index contributed by atoms with van der Waals surface area (Å²) < 4.78 is 13.1. The maximum Gasteiger partial charge on any atom is 0.309 e. The average molecular weight is 360 g/mol. The van der Waals surface area contributed by atoms with Crippen LogP contribution in [0.2, 0.25) is 0 Å². The van der Waals surface area contributed by atoms with E-state index in [1.807, 2.05) is 13.8 Å². The van der Waals surface area contributed by atoms with Crippen molar-refractivity contribution in [3.05, 3.63) is 28.8 Å². The molecule has 0 aliphatic carbocycles. The molecule has 3 rings (SSSR count). The Labute approximate surface area is 156 Å². The third-order valence-electron chi connectivity index (χ3n) is 6.16. The molecule has 2 aliphatic rings. The number of hydrogen-bond donors (Lipinski definition) is 1. The minimum atomic E-state index is -0.767. The van der Waals surface area contributed by atoms with Gasteiger partial charge in [0.15, 0.2) is 0 Å². The smallest absolute Gasteiger partial charge is 0.309 e. The Hall–Kier alpha value is -1.55. The molecular weight excluding hydrogens is 328 g/mol. The van der Waals surface area contributed by atoms with Gasteiger partial charge in [0, 0.05) is 11.5 Å². The van der Waals surface area contributed by atoms with Crippen LogP contribution < -0.4 is 4.74 Å². The molecule has 4 heteroatoms. The molecule has 1 aromatic rings. The van der Waals surface area contributed by atoms with Gasteiger partial charge in [-0.1, -0.05) is 39.8 Å². The van der Waals surface area contributed by atoms with E-state index in [4.69, 9.17) is 9.47 Å². The van der Waals surface area contributed by atoms with Gasteiger partial charge < -0.3 is 14.6 Å². The van der Waals surface area contributed by atoms with E-state index in [2.05, 4.69) is 46.8 Å². The first-order valence-electron chi connectivity index (χ1n) is 9.75. The van der Waals surface area contributed by atoms with Gasteiger partial charge >= 0.3 is 5.97 Å². The summed E-state index contributed by atoms with van der Waals surface area (Å²) in [4.78, 5) is 11.9. The molecule has 4 nitrogen and oxygen atoms in total. The third-order valence-corrected chi connectivity index (χ3v) is 6.16. The highest BCUT2D eigenvalue weighted by Crippen LogP contribution is 2.55. The van der Waals surface area contributed by atoms with Gasteiger partial charge in [-0.2, -0.15) is 0 Å². The minimum absolute atomic E-state index is 0.0206. The lowest BCUT2D eigenvalue weighted by molar-refractivity contribution is -0.196. The highest BCUT2D eigenvalue weighted by atomic mass is 16.5. The number of aliphatic carboxylic acids is 1. The standard InChI is InChI=1S/C22H32O4/c1-11(2)14-9-8-13(5)17-19(14)26-22(6,7)16-10-15(21(23)24)18(12(3)4)25-20(16)17/h8-9,11-12,15-16,18,20H,10H2,1-7H3,(H,23,24)/t15-,16+,18+,20+/m0/s1. The summed E-state index contributed by atoms with van der Waals surface area (Å²) in [5, 5.41) is 9.76. The predicted molar refractivity (Wildman–Crippen MR) is 102 cm³/mol. The second kappa shape index (κ2) is 6.56. The summed E-state index contributed by atoms with van der Waals surface area (Å²) in [6.45, 7) is 14.7. The van der Waals surface area contributed by atoms with E-state index in [1.54, 1.807) is 0 Å². The summed E-state index contributed by atoms with van der Waals surface area (Å²) in [7, 11) is 0. The second-order valence-corrected chi connectivity index (χ2v) is 9.13. The Morgan fingerprint density at radius 1 is 1.23 bits per heavy atom. The van der Waals surface area contributed by atoms with Crippen LogP contribution in [0, 0.1) is 24.7 Å². The van der Waals surface area contributed by atoms with Crippen LogP contribution in [0.3, 0.4) is 0 Å². The maximum atomic E-state index is 11.9. The number of ether oxygens (including phenoxy) is 2. The average Bonchev–Trinajstić information content (AvgIpc) is 2.52. The van der Waals surface area contributed by atoms with E-state index < -0.39 is 17.5 Å². The Morgan fingerprint density at radius 2 is 1.88 bits per heavy atom. The molecular formula is C22H32O4. The highest BCUT2D eigenvalue weighted by molar-refractivity contribution is 5.71. The van der Waals surface area contributed by atoms with E-state index in [0.717, 1.165) is 16.9 Å². The molecule has 0 spiro atoms. The molecule has 2 aliphatic heterocycles. The zero-order valence-electron chi connectivity index (χ0n) is 17.0. The van der Waals surface area contributed by atoms with Crippen LogP contribution in [0.5, 0.6) is 5.75 Å². The van der Waals surface area contributed by atoms with Gasteiger partial charge in [0.05, 0.1) is 18.1 Å². The SMILES string of the molecule is Cc1ccc(C(C)C)c2c1[C@@H]1O[C@H](C(C)C)[C@@H](C(=O)O)C[C@H]1C(C)(C)O2. The van der Waals surface area contributed by atoms with E-state index in [0.29, 0.717) is 12.3 Å². The second-order valence-electron chi connectivity index (χ2n) is 9.13. The molecule has 26 heavy (non-hydrogen) atoms. The van der Waals surface area contributed by atoms with Crippen LogP contribution in [-0.4, -0.2) is 22.8 Å². The van der Waals surface area contributed by atoms with E-state index in [9.17, 15) is 9.90 Å². The molecule has 1 aromatic carbocycles. The molecule has 0 unspecified atom stereocenters. The molecule has 0 amide bonds. The van der Waals surface area contributed by atoms with Gasteiger partial charge in [0.25, 0.3) is 0 Å². The molecule has 1 fully saturated rings. The first-order valence-corrected chi connectivity index (χ1v) is 9.75. The van der Waals surface area contributed by atoms with E-state index in [-0.39, 0.29) is 24.0 Å². The first-order chi connectivity index (χ1) is 12.0. The van der Waals surface area contributed by atoms with Crippen molar-refractivity contribution in [3.8, 4) is 5.75 Å². The molecule has 1 N–H and O–H groups in total. The topological polar surface area (TPSA) is 55.8 Å². The quantitative estimate of drug-likeness (QED) is 0.815. The zero-order chi connectivity index (χ0) is 19.4. The van der Waals surface area contributed by atoms with Crippen molar-refractivity contribution in [1.82, 2.24) is 0 Å². The van der Waals surface area contributed by atoms with Crippen LogP contribution in [0.1, 0.15) is 76.7 Å². The Balaban J connectivity index is 2.14. The predicted octanol–water partition coefficient (Wildman–Crippen LogP) is 5.09. The molecule has 1 saturated heterocycles. The molecule has 144 valence electrons. The number of aryl methyl sites for hydroxylation is 1.